The van der Waals surface area contributed by atoms with Gasteiger partial charge < -0.3 is 19.8 Å². The van der Waals surface area contributed by atoms with Crippen molar-refractivity contribution in [2.45, 2.75) is 45.8 Å². The predicted molar refractivity (Wildman–Crippen MR) is 88.9 cm³/mol. The molecule has 1 amide bonds. The summed E-state index contributed by atoms with van der Waals surface area (Å²) in [6, 6.07) is 0. The van der Waals surface area contributed by atoms with E-state index in [4.69, 9.17) is 14.7 Å². The minimum absolute atomic E-state index is 0.0928. The summed E-state index contributed by atoms with van der Waals surface area (Å²) >= 11 is 0.950. The normalized spacial score (nSPS) is 12.4. The van der Waals surface area contributed by atoms with Crippen LogP contribution in [0.5, 0.6) is 0 Å². The maximum absolute atomic E-state index is 11.7. The number of aliphatic carboxylic acids is 2. The molecule has 0 aliphatic rings. The van der Waals surface area contributed by atoms with Crippen molar-refractivity contribution >= 4 is 40.2 Å². The highest BCUT2D eigenvalue weighted by Crippen LogP contribution is 2.19. The van der Waals surface area contributed by atoms with Crippen LogP contribution in [0.2, 0.25) is 0 Å². The number of oxime groups is 1. The van der Waals surface area contributed by atoms with Crippen molar-refractivity contribution in [3.8, 4) is 0 Å². The Hall–Kier alpha value is -2.69. The Morgan fingerprint density at radius 3 is 2.28 bits per heavy atom. The number of carbonyl (C=O) groups is 3. The lowest BCUT2D eigenvalue weighted by molar-refractivity contribution is -0.161. The number of aromatic nitrogens is 1. The summed E-state index contributed by atoms with van der Waals surface area (Å²) in [6.07, 6.45) is -0.745. The van der Waals surface area contributed by atoms with Crippen molar-refractivity contribution in [1.29, 1.82) is 0 Å². The van der Waals surface area contributed by atoms with Gasteiger partial charge in [0.2, 0.25) is 11.3 Å². The van der Waals surface area contributed by atoms with Gasteiger partial charge in [0, 0.05) is 5.38 Å². The Morgan fingerprint density at radius 1 is 1.20 bits per heavy atom. The summed E-state index contributed by atoms with van der Waals surface area (Å²) in [7, 11) is 0. The number of nitrogens with one attached hydrogen (secondary N) is 1. The van der Waals surface area contributed by atoms with Crippen molar-refractivity contribution < 1.29 is 34.2 Å². The third-order valence-corrected chi connectivity index (χ3v) is 3.20. The molecule has 1 aromatic rings. The first-order valence-electron chi connectivity index (χ1n) is 7.00. The fourth-order valence-electron chi connectivity index (χ4n) is 1.23. The molecule has 0 aliphatic heterocycles. The molecular formula is C14H19N3O7S. The Balaban J connectivity index is 2.94. The minimum atomic E-state index is -1.71. The molecule has 0 bridgehead atoms. The number of ether oxygens (including phenoxy) is 1. The molecule has 0 fully saturated rings. The third-order valence-electron chi connectivity index (χ3n) is 2.44. The lowest BCUT2D eigenvalue weighted by Crippen LogP contribution is -2.33. The van der Waals surface area contributed by atoms with Gasteiger partial charge in [0.1, 0.15) is 11.3 Å². The highest BCUT2D eigenvalue weighted by atomic mass is 32.1. The number of thiazole rings is 1. The molecule has 25 heavy (non-hydrogen) atoms. The summed E-state index contributed by atoms with van der Waals surface area (Å²) in [5, 5.41) is 25.3. The Morgan fingerprint density at radius 2 is 1.80 bits per heavy atom. The van der Waals surface area contributed by atoms with Crippen molar-refractivity contribution in [2.24, 2.45) is 5.16 Å². The van der Waals surface area contributed by atoms with E-state index >= 15 is 0 Å². The lowest BCUT2D eigenvalue weighted by atomic mass is 10.1. The largest absolute Gasteiger partial charge is 0.478 e. The molecule has 0 unspecified atom stereocenters. The van der Waals surface area contributed by atoms with Crippen molar-refractivity contribution in [3.63, 3.8) is 0 Å². The first kappa shape index (κ1) is 20.4. The number of carbonyl (C=O) groups excluding carboxylic acids is 1. The van der Waals surface area contributed by atoms with Gasteiger partial charge in [-0.1, -0.05) is 5.16 Å². The monoisotopic (exact) mass is 373 g/mol. The fraction of sp³-hybridized carbons (Fsp3) is 0.500. The maximum Gasteiger partial charge on any atom is 0.413 e. The van der Waals surface area contributed by atoms with Crippen LogP contribution in [-0.2, 0) is 19.2 Å². The van der Waals surface area contributed by atoms with Gasteiger partial charge >= 0.3 is 18.0 Å². The van der Waals surface area contributed by atoms with Gasteiger partial charge in [-0.15, -0.1) is 11.3 Å². The standard InChI is InChI=1S/C14H19N3O7S/c1-13(2,3)23-12(22)16-11-15-7(6-25-11)8(9(18)19)17-24-14(4,5)10(20)21/h6H,1-5H3,(H,18,19)(H,20,21)(H,15,16,22)/b17-8-. The van der Waals surface area contributed by atoms with Crippen LogP contribution in [0.3, 0.4) is 0 Å². The van der Waals surface area contributed by atoms with Gasteiger partial charge in [0.25, 0.3) is 0 Å². The molecule has 0 aromatic carbocycles. The zero-order valence-corrected chi connectivity index (χ0v) is 15.1. The summed E-state index contributed by atoms with van der Waals surface area (Å²) < 4.78 is 5.06. The van der Waals surface area contributed by atoms with Gasteiger partial charge in [-0.25, -0.2) is 19.4 Å². The molecule has 10 nitrogen and oxygen atoms in total. The smallest absolute Gasteiger partial charge is 0.413 e. The molecule has 3 N–H and O–H groups in total. The minimum Gasteiger partial charge on any atom is -0.478 e. The van der Waals surface area contributed by atoms with Crippen LogP contribution >= 0.6 is 11.3 Å². The topological polar surface area (TPSA) is 147 Å². The van der Waals surface area contributed by atoms with Gasteiger partial charge in [-0.3, -0.25) is 5.32 Å². The first-order chi connectivity index (χ1) is 11.3. The predicted octanol–water partition coefficient (Wildman–Crippen LogP) is 2.16. The Bertz CT molecular complexity index is 704. The van der Waals surface area contributed by atoms with Crippen LogP contribution in [0.4, 0.5) is 9.93 Å². The number of amides is 1. The first-order valence-corrected chi connectivity index (χ1v) is 7.88. The summed E-state index contributed by atoms with van der Waals surface area (Å²) in [5.74, 6) is -2.78. The Kier molecular flexibility index (Phi) is 6.08. The zero-order valence-electron chi connectivity index (χ0n) is 14.3. The zero-order chi connectivity index (χ0) is 19.4. The average Bonchev–Trinajstić information content (AvgIpc) is 2.83. The van der Waals surface area contributed by atoms with Gasteiger partial charge in [0.15, 0.2) is 5.13 Å². The molecule has 0 aliphatic carbocycles. The Labute approximate surface area is 147 Å². The molecule has 0 atom stereocenters. The van der Waals surface area contributed by atoms with Gasteiger partial charge in [-0.05, 0) is 34.6 Å². The highest BCUT2D eigenvalue weighted by molar-refractivity contribution is 7.14. The van der Waals surface area contributed by atoms with E-state index in [1.165, 1.54) is 19.2 Å². The summed E-state index contributed by atoms with van der Waals surface area (Å²) in [5.41, 5.74) is -3.10. The van der Waals surface area contributed by atoms with Crippen LogP contribution in [0.25, 0.3) is 0 Å². The van der Waals surface area contributed by atoms with Crippen molar-refractivity contribution in [3.05, 3.63) is 11.1 Å². The second kappa shape index (κ2) is 7.47. The molecule has 1 heterocycles. The molecule has 1 aromatic heterocycles. The fourth-order valence-corrected chi connectivity index (χ4v) is 1.91. The van der Waals surface area contributed by atoms with E-state index in [1.54, 1.807) is 20.8 Å². The van der Waals surface area contributed by atoms with Crippen molar-refractivity contribution in [1.82, 2.24) is 4.98 Å². The number of nitrogens with zero attached hydrogens (tertiary/aromatic N) is 2. The molecule has 1 rings (SSSR count). The van der Waals surface area contributed by atoms with Crippen LogP contribution < -0.4 is 5.32 Å². The molecular weight excluding hydrogens is 354 g/mol. The number of hydrogen-bond acceptors (Lipinski definition) is 8. The SMILES string of the molecule is CC(C)(C)OC(=O)Nc1nc(/C(=N/OC(C)(C)C(=O)O)C(=O)O)cs1. The van der Waals surface area contributed by atoms with Crippen LogP contribution in [0.1, 0.15) is 40.3 Å². The summed E-state index contributed by atoms with van der Waals surface area (Å²) in [4.78, 5) is 42.6. The molecule has 0 spiro atoms. The number of carboxylic acids is 2. The van der Waals surface area contributed by atoms with E-state index < -0.39 is 34.9 Å². The second-order valence-corrected chi connectivity index (χ2v) is 7.17. The number of anilines is 1. The van der Waals surface area contributed by atoms with Crippen molar-refractivity contribution in [2.75, 3.05) is 5.32 Å². The van der Waals surface area contributed by atoms with E-state index in [0.29, 0.717) is 0 Å². The maximum atomic E-state index is 11.7. The van der Waals surface area contributed by atoms with E-state index in [2.05, 4.69) is 15.5 Å². The van der Waals surface area contributed by atoms with Crippen LogP contribution in [-0.4, -0.2) is 50.1 Å². The summed E-state index contributed by atoms with van der Waals surface area (Å²) in [6.45, 7) is 7.51. The molecule has 138 valence electrons. The number of rotatable bonds is 6. The number of carboxylic acid groups (broad SMARTS) is 2. The second-order valence-electron chi connectivity index (χ2n) is 6.32. The molecule has 0 saturated carbocycles. The third kappa shape index (κ3) is 6.37. The van der Waals surface area contributed by atoms with E-state index in [9.17, 15) is 19.5 Å². The molecule has 11 heteroatoms. The van der Waals surface area contributed by atoms with Gasteiger partial charge in [0.05, 0.1) is 0 Å². The lowest BCUT2D eigenvalue weighted by Gasteiger charge is -2.18. The number of hydrogen-bond donors (Lipinski definition) is 3. The van der Waals surface area contributed by atoms with E-state index in [1.807, 2.05) is 0 Å². The van der Waals surface area contributed by atoms with Crippen LogP contribution in [0, 0.1) is 0 Å². The van der Waals surface area contributed by atoms with Gasteiger partial charge in [-0.2, -0.15) is 0 Å². The average molecular weight is 373 g/mol. The highest BCUT2D eigenvalue weighted by Gasteiger charge is 2.31. The quantitative estimate of drug-likeness (QED) is 0.507. The van der Waals surface area contributed by atoms with E-state index in [0.717, 1.165) is 11.3 Å². The molecule has 0 radical (unpaired) electrons. The van der Waals surface area contributed by atoms with E-state index in [-0.39, 0.29) is 10.8 Å². The molecule has 0 saturated heterocycles. The van der Waals surface area contributed by atoms with Crippen LogP contribution in [0.15, 0.2) is 10.5 Å².